The van der Waals surface area contributed by atoms with Gasteiger partial charge in [-0.25, -0.2) is 0 Å². The number of likely N-dealkylation sites (N-methyl/N-ethyl adjacent to an activating group) is 2. The third kappa shape index (κ3) is 2.68. The molecule has 0 amide bonds. The molecular weight excluding hydrogens is 160 g/mol. The molecule has 13 heavy (non-hydrogen) atoms. The van der Waals surface area contributed by atoms with Gasteiger partial charge in [0.05, 0.1) is 0 Å². The van der Waals surface area contributed by atoms with E-state index in [9.17, 15) is 0 Å². The first kappa shape index (κ1) is 11.0. The third-order valence-corrected chi connectivity index (χ3v) is 3.03. The molecule has 2 heteroatoms. The largest absolute Gasteiger partial charge is 0.303 e. The lowest BCUT2D eigenvalue weighted by Gasteiger charge is -2.36. The van der Waals surface area contributed by atoms with Gasteiger partial charge in [-0.05, 0) is 26.9 Å². The molecule has 0 aromatic rings. The van der Waals surface area contributed by atoms with Crippen LogP contribution in [0.3, 0.4) is 0 Å². The summed E-state index contributed by atoms with van der Waals surface area (Å²) in [5.74, 6) is 0. The van der Waals surface area contributed by atoms with Gasteiger partial charge in [0, 0.05) is 25.2 Å². The second kappa shape index (κ2) is 4.97. The molecular formula is C11H24N2. The number of hydrogen-bond donors (Lipinski definition) is 0. The highest BCUT2D eigenvalue weighted by Crippen LogP contribution is 2.27. The van der Waals surface area contributed by atoms with Gasteiger partial charge in [-0.2, -0.15) is 0 Å². The molecule has 2 aliphatic heterocycles. The van der Waals surface area contributed by atoms with Crippen molar-refractivity contribution in [1.82, 2.24) is 9.80 Å². The Labute approximate surface area is 82.9 Å². The van der Waals surface area contributed by atoms with E-state index in [0.717, 1.165) is 12.1 Å². The molecule has 0 N–H and O–H groups in total. The van der Waals surface area contributed by atoms with Gasteiger partial charge in [-0.3, -0.25) is 4.90 Å². The SMILES string of the molecule is CCC.CN1CC2CCC(C1)N2C. The first-order valence-electron chi connectivity index (χ1n) is 5.59. The summed E-state index contributed by atoms with van der Waals surface area (Å²) in [5.41, 5.74) is 0. The average molecular weight is 184 g/mol. The summed E-state index contributed by atoms with van der Waals surface area (Å²) in [6, 6.07) is 1.73. The number of likely N-dealkylation sites (tertiary alicyclic amines) is 1. The molecule has 0 aliphatic carbocycles. The van der Waals surface area contributed by atoms with Gasteiger partial charge >= 0.3 is 0 Å². The highest BCUT2D eigenvalue weighted by Gasteiger charge is 2.35. The van der Waals surface area contributed by atoms with Crippen LogP contribution in [0.25, 0.3) is 0 Å². The Morgan fingerprint density at radius 2 is 1.38 bits per heavy atom. The van der Waals surface area contributed by atoms with Crippen LogP contribution in [0.4, 0.5) is 0 Å². The number of fused-ring (bicyclic) bond motifs is 2. The predicted octanol–water partition coefficient (Wildman–Crippen LogP) is 1.81. The monoisotopic (exact) mass is 184 g/mol. The standard InChI is InChI=1S/C8H16N2.C3H8/c1-9-5-7-3-4-8(6-9)10(7)2;1-3-2/h7-8H,3-6H2,1-2H3;3H2,1-2H3. The zero-order valence-corrected chi connectivity index (χ0v) is 9.58. The van der Waals surface area contributed by atoms with Crippen molar-refractivity contribution < 1.29 is 0 Å². The minimum absolute atomic E-state index is 0.865. The molecule has 2 rings (SSSR count). The molecule has 2 heterocycles. The third-order valence-electron chi connectivity index (χ3n) is 3.03. The summed E-state index contributed by atoms with van der Waals surface area (Å²) in [4.78, 5) is 5.02. The fraction of sp³-hybridized carbons (Fsp3) is 1.00. The van der Waals surface area contributed by atoms with Crippen molar-refractivity contribution in [2.45, 2.75) is 45.2 Å². The van der Waals surface area contributed by atoms with E-state index < -0.39 is 0 Å². The van der Waals surface area contributed by atoms with Crippen molar-refractivity contribution in [2.75, 3.05) is 27.2 Å². The Bertz CT molecular complexity index is 133. The lowest BCUT2D eigenvalue weighted by Crippen LogP contribution is -2.50. The number of nitrogens with zero attached hydrogens (tertiary/aromatic N) is 2. The maximum absolute atomic E-state index is 2.56. The summed E-state index contributed by atoms with van der Waals surface area (Å²) in [7, 11) is 4.51. The molecule has 2 aliphatic rings. The van der Waals surface area contributed by atoms with Crippen LogP contribution in [0.1, 0.15) is 33.1 Å². The molecule has 0 spiro atoms. The van der Waals surface area contributed by atoms with Crippen LogP contribution in [0, 0.1) is 0 Å². The maximum Gasteiger partial charge on any atom is 0.0224 e. The lowest BCUT2D eigenvalue weighted by atomic mass is 10.2. The van der Waals surface area contributed by atoms with Gasteiger partial charge in [-0.15, -0.1) is 0 Å². The van der Waals surface area contributed by atoms with Gasteiger partial charge < -0.3 is 4.90 Å². The van der Waals surface area contributed by atoms with Crippen LogP contribution in [0.15, 0.2) is 0 Å². The Hall–Kier alpha value is -0.0800. The van der Waals surface area contributed by atoms with Crippen molar-refractivity contribution in [3.63, 3.8) is 0 Å². The molecule has 0 saturated carbocycles. The van der Waals surface area contributed by atoms with E-state index in [4.69, 9.17) is 0 Å². The van der Waals surface area contributed by atoms with E-state index in [-0.39, 0.29) is 0 Å². The van der Waals surface area contributed by atoms with Crippen molar-refractivity contribution >= 4 is 0 Å². The van der Waals surface area contributed by atoms with Crippen LogP contribution in [0.2, 0.25) is 0 Å². The molecule has 2 saturated heterocycles. The summed E-state index contributed by atoms with van der Waals surface area (Å²) >= 11 is 0. The van der Waals surface area contributed by atoms with E-state index in [1.165, 1.54) is 32.4 Å². The van der Waals surface area contributed by atoms with Crippen LogP contribution < -0.4 is 0 Å². The maximum atomic E-state index is 2.56. The van der Waals surface area contributed by atoms with E-state index in [0.29, 0.717) is 0 Å². The molecule has 2 bridgehead atoms. The Balaban J connectivity index is 0.000000251. The van der Waals surface area contributed by atoms with Gasteiger partial charge in [0.25, 0.3) is 0 Å². The van der Waals surface area contributed by atoms with Gasteiger partial charge in [0.1, 0.15) is 0 Å². The van der Waals surface area contributed by atoms with Crippen molar-refractivity contribution in [1.29, 1.82) is 0 Å². The minimum Gasteiger partial charge on any atom is -0.303 e. The fourth-order valence-corrected chi connectivity index (χ4v) is 2.32. The van der Waals surface area contributed by atoms with Crippen LogP contribution >= 0.6 is 0 Å². The summed E-state index contributed by atoms with van der Waals surface area (Å²) in [6.45, 7) is 6.82. The van der Waals surface area contributed by atoms with Gasteiger partial charge in [0.2, 0.25) is 0 Å². The van der Waals surface area contributed by atoms with Gasteiger partial charge in [0.15, 0.2) is 0 Å². The van der Waals surface area contributed by atoms with Crippen LogP contribution in [-0.2, 0) is 0 Å². The van der Waals surface area contributed by atoms with Crippen LogP contribution in [-0.4, -0.2) is 49.1 Å². The Morgan fingerprint density at radius 3 is 1.77 bits per heavy atom. The fourth-order valence-electron chi connectivity index (χ4n) is 2.32. The summed E-state index contributed by atoms with van der Waals surface area (Å²) < 4.78 is 0. The summed E-state index contributed by atoms with van der Waals surface area (Å²) in [5, 5.41) is 0. The molecule has 2 fully saturated rings. The van der Waals surface area contributed by atoms with Crippen molar-refractivity contribution in [2.24, 2.45) is 0 Å². The number of rotatable bonds is 0. The normalized spacial score (nSPS) is 34.2. The van der Waals surface area contributed by atoms with E-state index in [2.05, 4.69) is 37.7 Å². The first-order valence-corrected chi connectivity index (χ1v) is 5.59. The predicted molar refractivity (Wildman–Crippen MR) is 58.0 cm³/mol. The second-order valence-corrected chi connectivity index (χ2v) is 4.48. The molecule has 0 radical (unpaired) electrons. The number of piperazine rings is 1. The highest BCUT2D eigenvalue weighted by atomic mass is 15.3. The smallest absolute Gasteiger partial charge is 0.0224 e. The van der Waals surface area contributed by atoms with Crippen molar-refractivity contribution in [3.8, 4) is 0 Å². The minimum atomic E-state index is 0.865. The molecule has 2 unspecified atom stereocenters. The highest BCUT2D eigenvalue weighted by molar-refractivity contribution is 4.92. The Morgan fingerprint density at radius 1 is 1.00 bits per heavy atom. The topological polar surface area (TPSA) is 6.48 Å². The molecule has 0 aromatic carbocycles. The van der Waals surface area contributed by atoms with Gasteiger partial charge in [-0.1, -0.05) is 20.3 Å². The van der Waals surface area contributed by atoms with E-state index in [1.54, 1.807) is 0 Å². The number of hydrogen-bond acceptors (Lipinski definition) is 2. The lowest BCUT2D eigenvalue weighted by molar-refractivity contribution is 0.107. The molecule has 0 aromatic heterocycles. The quantitative estimate of drug-likeness (QED) is 0.566. The van der Waals surface area contributed by atoms with E-state index >= 15 is 0 Å². The molecule has 2 nitrogen and oxygen atoms in total. The molecule has 2 atom stereocenters. The van der Waals surface area contributed by atoms with E-state index in [1.807, 2.05) is 0 Å². The first-order chi connectivity index (χ1) is 6.19. The Kier molecular flexibility index (Phi) is 4.20. The average Bonchev–Trinajstić information content (AvgIpc) is 2.35. The molecule has 78 valence electrons. The second-order valence-electron chi connectivity index (χ2n) is 4.48. The summed E-state index contributed by atoms with van der Waals surface area (Å²) in [6.07, 6.45) is 4.09. The van der Waals surface area contributed by atoms with Crippen LogP contribution in [0.5, 0.6) is 0 Å². The zero-order valence-electron chi connectivity index (χ0n) is 9.58. The van der Waals surface area contributed by atoms with Crippen molar-refractivity contribution in [3.05, 3.63) is 0 Å². The zero-order chi connectivity index (χ0) is 9.84.